The van der Waals surface area contributed by atoms with Crippen molar-refractivity contribution in [3.05, 3.63) is 0 Å². The maximum absolute atomic E-state index is 11.7. The van der Waals surface area contributed by atoms with Gasteiger partial charge in [0.2, 0.25) is 0 Å². The Labute approximate surface area is 161 Å². The molecule has 0 aromatic heterocycles. The first-order chi connectivity index (χ1) is 10.6. The molecule has 1 fully saturated rings. The average molecular weight is 458 g/mol. The summed E-state index contributed by atoms with van der Waals surface area (Å²) in [5, 5.41) is 7.28. The van der Waals surface area contributed by atoms with E-state index in [-0.39, 0.29) is 30.1 Å². The number of amides is 1. The van der Waals surface area contributed by atoms with Gasteiger partial charge in [0, 0.05) is 30.9 Å². The number of aliphatic imine (C=N–C) groups is 1. The molecule has 0 aromatic carbocycles. The average Bonchev–Trinajstić information content (AvgIpc) is 2.53. The van der Waals surface area contributed by atoms with Crippen LogP contribution in [0.1, 0.15) is 33.6 Å². The Morgan fingerprint density at radius 1 is 1.39 bits per heavy atom. The minimum atomic E-state index is -0.199. The van der Waals surface area contributed by atoms with Gasteiger partial charge in [-0.15, -0.1) is 24.0 Å². The molecule has 1 aliphatic rings. The monoisotopic (exact) mass is 458 g/mol. The largest absolute Gasteiger partial charge is 0.450 e. The predicted octanol–water partition coefficient (Wildman–Crippen LogP) is 2.53. The Morgan fingerprint density at radius 3 is 2.57 bits per heavy atom. The molecule has 1 heterocycles. The molecule has 1 aliphatic heterocycles. The van der Waals surface area contributed by atoms with Crippen molar-refractivity contribution >= 4 is 47.8 Å². The van der Waals surface area contributed by atoms with E-state index in [0.717, 1.165) is 45.0 Å². The third-order valence-electron chi connectivity index (χ3n) is 3.61. The Hall–Kier alpha value is -0.380. The van der Waals surface area contributed by atoms with Gasteiger partial charge in [-0.25, -0.2) is 4.79 Å². The summed E-state index contributed by atoms with van der Waals surface area (Å²) < 4.78 is 5.04. The Balaban J connectivity index is 0.00000484. The van der Waals surface area contributed by atoms with Gasteiger partial charge in [-0.2, -0.15) is 11.8 Å². The van der Waals surface area contributed by atoms with E-state index in [1.807, 2.05) is 18.7 Å². The number of carbonyl (C=O) groups excluding carboxylic acids is 1. The molecule has 1 amide bonds. The van der Waals surface area contributed by atoms with Gasteiger partial charge in [0.25, 0.3) is 0 Å². The minimum Gasteiger partial charge on any atom is -0.450 e. The zero-order chi connectivity index (χ0) is 16.4. The fourth-order valence-corrected chi connectivity index (χ4v) is 2.45. The van der Waals surface area contributed by atoms with E-state index in [1.165, 1.54) is 0 Å². The van der Waals surface area contributed by atoms with Crippen LogP contribution in [0, 0.1) is 0 Å². The van der Waals surface area contributed by atoms with Gasteiger partial charge < -0.3 is 20.3 Å². The fourth-order valence-electron chi connectivity index (χ4n) is 2.23. The second-order valence-corrected chi connectivity index (χ2v) is 6.65. The van der Waals surface area contributed by atoms with Crippen LogP contribution in [0.5, 0.6) is 0 Å². The molecule has 2 N–H and O–H groups in total. The van der Waals surface area contributed by atoms with Crippen LogP contribution < -0.4 is 10.6 Å². The molecule has 8 heteroatoms. The molecule has 0 bridgehead atoms. The normalized spacial score (nSPS) is 17.2. The van der Waals surface area contributed by atoms with E-state index in [2.05, 4.69) is 35.7 Å². The number of likely N-dealkylation sites (tertiary alicyclic amines) is 1. The number of nitrogens with zero attached hydrogens (tertiary/aromatic N) is 2. The maximum Gasteiger partial charge on any atom is 0.409 e. The third-order valence-corrected chi connectivity index (χ3v) is 4.57. The molecule has 6 nitrogen and oxygen atoms in total. The van der Waals surface area contributed by atoms with Crippen molar-refractivity contribution in [1.29, 1.82) is 0 Å². The number of guanidine groups is 1. The quantitative estimate of drug-likeness (QED) is 0.364. The maximum atomic E-state index is 11.7. The summed E-state index contributed by atoms with van der Waals surface area (Å²) in [7, 11) is 0. The molecule has 0 aromatic rings. The number of ether oxygens (including phenoxy) is 1. The van der Waals surface area contributed by atoms with Crippen molar-refractivity contribution in [1.82, 2.24) is 15.5 Å². The van der Waals surface area contributed by atoms with Crippen LogP contribution in [-0.2, 0) is 4.74 Å². The number of nitrogens with one attached hydrogen (secondary N) is 2. The highest BCUT2D eigenvalue weighted by Crippen LogP contribution is 2.11. The molecule has 1 unspecified atom stereocenters. The highest BCUT2D eigenvalue weighted by molar-refractivity contribution is 14.0. The molecule has 0 spiro atoms. The van der Waals surface area contributed by atoms with Crippen molar-refractivity contribution in [3.63, 3.8) is 0 Å². The Bertz CT molecular complexity index is 363. The van der Waals surface area contributed by atoms with E-state index in [4.69, 9.17) is 4.74 Å². The number of halogens is 1. The van der Waals surface area contributed by atoms with E-state index < -0.39 is 0 Å². The number of hydrogen-bond acceptors (Lipinski definition) is 4. The number of carbonyl (C=O) groups is 1. The van der Waals surface area contributed by atoms with E-state index in [0.29, 0.717) is 17.9 Å². The van der Waals surface area contributed by atoms with E-state index in [9.17, 15) is 4.79 Å². The standard InChI is InChI=1S/C15H30N4O2S.HI/c1-5-16-14(17-11-12(3)22-4)18-13-7-9-19(10-8-13)15(20)21-6-2;/h12-13H,5-11H2,1-4H3,(H2,16,17,18);1H. The van der Waals surface area contributed by atoms with Crippen molar-refractivity contribution in [3.8, 4) is 0 Å². The van der Waals surface area contributed by atoms with Crippen molar-refractivity contribution in [2.45, 2.75) is 44.9 Å². The van der Waals surface area contributed by atoms with E-state index >= 15 is 0 Å². The first-order valence-electron chi connectivity index (χ1n) is 8.10. The second kappa shape index (κ2) is 13.0. The summed E-state index contributed by atoms with van der Waals surface area (Å²) >= 11 is 1.82. The summed E-state index contributed by atoms with van der Waals surface area (Å²) in [6.45, 7) is 9.63. The lowest BCUT2D eigenvalue weighted by Gasteiger charge is -2.32. The highest BCUT2D eigenvalue weighted by Gasteiger charge is 2.24. The van der Waals surface area contributed by atoms with Gasteiger partial charge >= 0.3 is 6.09 Å². The topological polar surface area (TPSA) is 66.0 Å². The summed E-state index contributed by atoms with van der Waals surface area (Å²) in [5.74, 6) is 0.873. The van der Waals surface area contributed by atoms with Crippen LogP contribution in [-0.4, -0.2) is 67.3 Å². The van der Waals surface area contributed by atoms with Gasteiger partial charge in [-0.3, -0.25) is 4.99 Å². The van der Waals surface area contributed by atoms with Crippen molar-refractivity contribution in [2.24, 2.45) is 4.99 Å². The van der Waals surface area contributed by atoms with Gasteiger partial charge in [0.05, 0.1) is 13.2 Å². The molecule has 0 radical (unpaired) electrons. The summed E-state index contributed by atoms with van der Waals surface area (Å²) in [6, 6.07) is 0.355. The van der Waals surface area contributed by atoms with Crippen LogP contribution in [0.2, 0.25) is 0 Å². The lowest BCUT2D eigenvalue weighted by Crippen LogP contribution is -2.50. The smallest absolute Gasteiger partial charge is 0.409 e. The summed E-state index contributed by atoms with van der Waals surface area (Å²) in [4.78, 5) is 18.1. The number of hydrogen-bond donors (Lipinski definition) is 2. The first kappa shape index (κ1) is 22.6. The minimum absolute atomic E-state index is 0. The molecule has 1 rings (SSSR count). The molecule has 23 heavy (non-hydrogen) atoms. The zero-order valence-electron chi connectivity index (χ0n) is 14.6. The molecule has 0 saturated carbocycles. The first-order valence-corrected chi connectivity index (χ1v) is 9.38. The number of rotatable bonds is 6. The SMILES string of the molecule is CCNC(=NCC(C)SC)NC1CCN(C(=O)OCC)CC1.I. The van der Waals surface area contributed by atoms with Crippen LogP contribution in [0.25, 0.3) is 0 Å². The Kier molecular flexibility index (Phi) is 12.8. The van der Waals surface area contributed by atoms with Crippen molar-refractivity contribution in [2.75, 3.05) is 39.0 Å². The molecule has 1 saturated heterocycles. The van der Waals surface area contributed by atoms with Crippen LogP contribution >= 0.6 is 35.7 Å². The highest BCUT2D eigenvalue weighted by atomic mass is 127. The van der Waals surface area contributed by atoms with Gasteiger partial charge in [0.1, 0.15) is 0 Å². The van der Waals surface area contributed by atoms with Gasteiger partial charge in [-0.05, 0) is 32.9 Å². The van der Waals surface area contributed by atoms with E-state index in [1.54, 1.807) is 4.90 Å². The lowest BCUT2D eigenvalue weighted by atomic mass is 10.1. The summed E-state index contributed by atoms with van der Waals surface area (Å²) in [6.07, 6.45) is 3.74. The predicted molar refractivity (Wildman–Crippen MR) is 109 cm³/mol. The lowest BCUT2D eigenvalue weighted by molar-refractivity contribution is 0.0963. The summed E-state index contributed by atoms with van der Waals surface area (Å²) in [5.41, 5.74) is 0. The number of thioether (sulfide) groups is 1. The second-order valence-electron chi connectivity index (χ2n) is 5.37. The molecular weight excluding hydrogens is 427 g/mol. The fraction of sp³-hybridized carbons (Fsp3) is 0.867. The van der Waals surface area contributed by atoms with Gasteiger partial charge in [0.15, 0.2) is 5.96 Å². The van der Waals surface area contributed by atoms with Crippen molar-refractivity contribution < 1.29 is 9.53 Å². The van der Waals surface area contributed by atoms with Crippen LogP contribution in [0.15, 0.2) is 4.99 Å². The van der Waals surface area contributed by atoms with Crippen LogP contribution in [0.3, 0.4) is 0 Å². The number of piperidine rings is 1. The molecular formula is C15H31IN4O2S. The Morgan fingerprint density at radius 2 is 2.04 bits per heavy atom. The van der Waals surface area contributed by atoms with Gasteiger partial charge in [-0.1, -0.05) is 6.92 Å². The molecule has 0 aliphatic carbocycles. The zero-order valence-corrected chi connectivity index (χ0v) is 17.8. The molecule has 136 valence electrons. The third kappa shape index (κ3) is 8.88. The van der Waals surface area contributed by atoms with Crippen LogP contribution in [0.4, 0.5) is 4.79 Å². The molecule has 1 atom stereocenters.